The fourth-order valence-corrected chi connectivity index (χ4v) is 2.86. The summed E-state index contributed by atoms with van der Waals surface area (Å²) in [6.45, 7) is 4.40. The molecule has 0 unspecified atom stereocenters. The van der Waals surface area contributed by atoms with E-state index in [2.05, 4.69) is 23.8 Å². The van der Waals surface area contributed by atoms with Crippen LogP contribution >= 0.6 is 0 Å². The van der Waals surface area contributed by atoms with Crippen molar-refractivity contribution in [3.63, 3.8) is 0 Å². The van der Waals surface area contributed by atoms with Gasteiger partial charge in [-0.2, -0.15) is 0 Å². The highest BCUT2D eigenvalue weighted by atomic mass is 15.0. The molecular weight excluding hydrogens is 348 g/mol. The Morgan fingerprint density at radius 3 is 1.61 bits per heavy atom. The van der Waals surface area contributed by atoms with Gasteiger partial charge in [-0.25, -0.2) is 9.98 Å². The summed E-state index contributed by atoms with van der Waals surface area (Å²) in [4.78, 5) is 9.08. The molecule has 0 radical (unpaired) electrons. The van der Waals surface area contributed by atoms with Gasteiger partial charge in [-0.1, -0.05) is 58.8 Å². The summed E-state index contributed by atoms with van der Waals surface area (Å²) in [5.41, 5.74) is 17.6. The molecule has 0 amide bonds. The van der Waals surface area contributed by atoms with Gasteiger partial charge in [0, 0.05) is 19.3 Å². The fourth-order valence-electron chi connectivity index (χ4n) is 2.86. The molecule has 0 fully saturated rings. The quantitative estimate of drug-likeness (QED) is 0.142. The van der Waals surface area contributed by atoms with Crippen LogP contribution in [0.3, 0.4) is 0 Å². The summed E-state index contributed by atoms with van der Waals surface area (Å²) in [6.07, 6.45) is 17.6. The molecular formula is C22H44N6. The standard InChI is InChI=1S/C22H44N6/c1-3-5-7-12-16-20(25)27-22(18-14-10-9-11-15-19(23)24)28-21(26)17-13-8-6-4-2/h18H,3-17H2,1-2H3,(H3,23,24)(H2,25,27)(H2,26,28). The Kier molecular flexibility index (Phi) is 17.3. The highest BCUT2D eigenvalue weighted by Gasteiger charge is 2.01. The van der Waals surface area contributed by atoms with Gasteiger partial charge in [-0.15, -0.1) is 0 Å². The normalized spacial score (nSPS) is 12.2. The lowest BCUT2D eigenvalue weighted by Gasteiger charge is -2.05. The van der Waals surface area contributed by atoms with Crippen LogP contribution in [0.1, 0.15) is 110 Å². The predicted molar refractivity (Wildman–Crippen MR) is 124 cm³/mol. The van der Waals surface area contributed by atoms with E-state index in [0.29, 0.717) is 23.9 Å². The molecule has 0 saturated carbocycles. The SMILES string of the molecule is CCCCCCC(N)=NC(=CCCCCCC(=N)N)N=C(N)CCCCCC. The molecule has 0 atom stereocenters. The summed E-state index contributed by atoms with van der Waals surface area (Å²) >= 11 is 0. The van der Waals surface area contributed by atoms with Crippen LogP contribution in [0, 0.1) is 5.41 Å². The summed E-state index contributed by atoms with van der Waals surface area (Å²) in [6, 6.07) is 0. The molecule has 28 heavy (non-hydrogen) atoms. The minimum absolute atomic E-state index is 0.261. The van der Waals surface area contributed by atoms with Crippen molar-refractivity contribution in [2.75, 3.05) is 0 Å². The largest absolute Gasteiger partial charge is 0.388 e. The van der Waals surface area contributed by atoms with E-state index < -0.39 is 0 Å². The first kappa shape index (κ1) is 26.1. The van der Waals surface area contributed by atoms with Crippen molar-refractivity contribution in [3.05, 3.63) is 11.9 Å². The van der Waals surface area contributed by atoms with Crippen LogP contribution in [0.4, 0.5) is 0 Å². The van der Waals surface area contributed by atoms with Crippen molar-refractivity contribution >= 4 is 17.5 Å². The molecule has 0 aliphatic heterocycles. The Morgan fingerprint density at radius 2 is 1.14 bits per heavy atom. The Bertz CT molecular complexity index is 463. The van der Waals surface area contributed by atoms with Crippen LogP contribution in [0.15, 0.2) is 21.9 Å². The van der Waals surface area contributed by atoms with Crippen molar-refractivity contribution in [1.29, 1.82) is 5.41 Å². The van der Waals surface area contributed by atoms with Gasteiger partial charge in [-0.05, 0) is 38.2 Å². The molecule has 6 heteroatoms. The Labute approximate surface area is 172 Å². The molecule has 7 N–H and O–H groups in total. The summed E-state index contributed by atoms with van der Waals surface area (Å²) in [5, 5.41) is 7.26. The maximum atomic E-state index is 7.26. The maximum absolute atomic E-state index is 7.26. The topological polar surface area (TPSA) is 127 Å². The number of nitrogens with one attached hydrogen (secondary N) is 1. The van der Waals surface area contributed by atoms with Gasteiger partial charge >= 0.3 is 0 Å². The number of hydrogen-bond acceptors (Lipinski definition) is 3. The van der Waals surface area contributed by atoms with E-state index in [9.17, 15) is 0 Å². The second-order valence-corrected chi connectivity index (χ2v) is 7.51. The van der Waals surface area contributed by atoms with Crippen LogP contribution < -0.4 is 17.2 Å². The first-order valence-corrected chi connectivity index (χ1v) is 11.2. The van der Waals surface area contributed by atoms with E-state index in [1.54, 1.807) is 0 Å². The molecule has 0 spiro atoms. The van der Waals surface area contributed by atoms with E-state index >= 15 is 0 Å². The zero-order chi connectivity index (χ0) is 21.0. The number of rotatable bonds is 18. The average Bonchev–Trinajstić information content (AvgIpc) is 2.65. The third-order valence-corrected chi connectivity index (χ3v) is 4.57. The molecule has 0 aromatic rings. The van der Waals surface area contributed by atoms with E-state index in [0.717, 1.165) is 51.4 Å². The van der Waals surface area contributed by atoms with Gasteiger partial charge in [0.2, 0.25) is 0 Å². The van der Waals surface area contributed by atoms with Crippen LogP contribution in [-0.2, 0) is 0 Å². The van der Waals surface area contributed by atoms with Gasteiger partial charge in [0.15, 0.2) is 5.82 Å². The first-order chi connectivity index (χ1) is 13.5. The van der Waals surface area contributed by atoms with E-state index in [1.165, 1.54) is 38.5 Å². The lowest BCUT2D eigenvalue weighted by Crippen LogP contribution is -2.14. The summed E-state index contributed by atoms with van der Waals surface area (Å²) in [7, 11) is 0. The molecule has 0 aromatic heterocycles. The molecule has 0 heterocycles. The molecule has 0 saturated heterocycles. The molecule has 6 nitrogen and oxygen atoms in total. The van der Waals surface area contributed by atoms with Gasteiger partial charge in [-0.3, -0.25) is 5.41 Å². The number of aliphatic imine (C=N–C) groups is 2. The van der Waals surface area contributed by atoms with Gasteiger partial charge in [0.05, 0.1) is 5.84 Å². The fraction of sp³-hybridized carbons (Fsp3) is 0.773. The van der Waals surface area contributed by atoms with Crippen LogP contribution in [0.25, 0.3) is 0 Å². The number of hydrogen-bond donors (Lipinski definition) is 4. The second kappa shape index (κ2) is 18.5. The van der Waals surface area contributed by atoms with Crippen molar-refractivity contribution in [3.8, 4) is 0 Å². The molecule has 0 aliphatic carbocycles. The van der Waals surface area contributed by atoms with Crippen LogP contribution in [-0.4, -0.2) is 17.5 Å². The molecule has 0 rings (SSSR count). The third kappa shape index (κ3) is 17.6. The molecule has 162 valence electrons. The summed E-state index contributed by atoms with van der Waals surface area (Å²) in [5.74, 6) is 2.19. The van der Waals surface area contributed by atoms with Crippen molar-refractivity contribution in [2.45, 2.75) is 110 Å². The Morgan fingerprint density at radius 1 is 0.679 bits per heavy atom. The van der Waals surface area contributed by atoms with Gasteiger partial charge in [0.1, 0.15) is 11.7 Å². The maximum Gasteiger partial charge on any atom is 0.151 e. The number of allylic oxidation sites excluding steroid dienone is 1. The number of unbranched alkanes of at least 4 members (excludes halogenated alkanes) is 9. The van der Waals surface area contributed by atoms with Crippen LogP contribution in [0.2, 0.25) is 0 Å². The number of nitrogens with two attached hydrogens (primary N) is 3. The van der Waals surface area contributed by atoms with E-state index in [4.69, 9.17) is 22.6 Å². The zero-order valence-electron chi connectivity index (χ0n) is 18.3. The van der Waals surface area contributed by atoms with Gasteiger partial charge < -0.3 is 17.2 Å². The highest BCUT2D eigenvalue weighted by molar-refractivity contribution is 5.83. The molecule has 0 aromatic carbocycles. The van der Waals surface area contributed by atoms with Crippen molar-refractivity contribution in [2.24, 2.45) is 27.2 Å². The zero-order valence-corrected chi connectivity index (χ0v) is 18.3. The minimum Gasteiger partial charge on any atom is -0.388 e. The number of amidine groups is 3. The van der Waals surface area contributed by atoms with E-state index in [-0.39, 0.29) is 5.84 Å². The lowest BCUT2D eigenvalue weighted by molar-refractivity contribution is 0.680. The third-order valence-electron chi connectivity index (χ3n) is 4.57. The van der Waals surface area contributed by atoms with Crippen molar-refractivity contribution < 1.29 is 0 Å². The van der Waals surface area contributed by atoms with Crippen molar-refractivity contribution in [1.82, 2.24) is 0 Å². The summed E-state index contributed by atoms with van der Waals surface area (Å²) < 4.78 is 0. The van der Waals surface area contributed by atoms with Gasteiger partial charge in [0.25, 0.3) is 0 Å². The average molecular weight is 393 g/mol. The molecule has 0 aliphatic rings. The smallest absolute Gasteiger partial charge is 0.151 e. The van der Waals surface area contributed by atoms with Crippen LogP contribution in [0.5, 0.6) is 0 Å². The van der Waals surface area contributed by atoms with E-state index in [1.807, 2.05) is 6.08 Å². The Hall–Kier alpha value is -1.85. The monoisotopic (exact) mass is 392 g/mol. The predicted octanol–water partition coefficient (Wildman–Crippen LogP) is 5.37. The minimum atomic E-state index is 0.261. The Balaban J connectivity index is 4.70. The number of nitrogens with zero attached hydrogens (tertiary/aromatic N) is 2. The molecule has 0 bridgehead atoms. The second-order valence-electron chi connectivity index (χ2n) is 7.51. The lowest BCUT2D eigenvalue weighted by atomic mass is 10.1. The highest BCUT2D eigenvalue weighted by Crippen LogP contribution is 2.11. The first-order valence-electron chi connectivity index (χ1n) is 11.2.